The lowest BCUT2D eigenvalue weighted by Crippen LogP contribution is -2.28. The van der Waals surface area contributed by atoms with Gasteiger partial charge >= 0.3 is 0 Å². The summed E-state index contributed by atoms with van der Waals surface area (Å²) < 4.78 is 6.82. The van der Waals surface area contributed by atoms with Crippen molar-refractivity contribution in [1.82, 2.24) is 48.7 Å². The maximum Gasteiger partial charge on any atom is 0.272 e. The summed E-state index contributed by atoms with van der Waals surface area (Å²) in [5.41, 5.74) is 15.6. The Morgan fingerprint density at radius 3 is 1.25 bits per heavy atom. The van der Waals surface area contributed by atoms with E-state index in [1.165, 1.54) is 0 Å². The fraction of sp³-hybridized carbons (Fsp3) is 0.429. The normalized spacial score (nSPS) is 11.3. The molecule has 6 heterocycles. The number of nitrogens with one attached hydrogen (secondary N) is 6. The van der Waals surface area contributed by atoms with Crippen LogP contribution in [0.4, 0.5) is 31.6 Å². The first-order valence-corrected chi connectivity index (χ1v) is 25.7. The van der Waals surface area contributed by atoms with Gasteiger partial charge in [0.15, 0.2) is 10.3 Å². The van der Waals surface area contributed by atoms with Crippen LogP contribution < -0.4 is 43.4 Å². The number of amides is 6. The number of thiazole rings is 2. The molecule has 0 bridgehead atoms. The number of carbonyl (C=O) groups excluding carboxylic acids is 6. The zero-order valence-electron chi connectivity index (χ0n) is 42.8. The number of aromatic nitrogens is 6. The van der Waals surface area contributed by atoms with Crippen LogP contribution in [0.2, 0.25) is 0 Å². The van der Waals surface area contributed by atoms with Crippen LogP contribution >= 0.6 is 22.7 Å². The van der Waals surface area contributed by atoms with Crippen LogP contribution in [-0.4, -0.2) is 128 Å². The first-order chi connectivity index (χ1) is 34.8. The number of carbonyl (C=O) groups is 6. The topological polar surface area (TPSA) is 279 Å². The van der Waals surface area contributed by atoms with Crippen molar-refractivity contribution in [2.45, 2.75) is 71.9 Å². The van der Waals surface area contributed by atoms with Crippen molar-refractivity contribution in [2.75, 3.05) is 87.1 Å². The van der Waals surface area contributed by atoms with E-state index in [9.17, 15) is 28.8 Å². The Kier molecular flexibility index (Phi) is 19.1. The Morgan fingerprint density at radius 2 is 0.890 bits per heavy atom. The molecule has 0 saturated carbocycles. The summed E-state index contributed by atoms with van der Waals surface area (Å²) in [6, 6.07) is 6.32. The van der Waals surface area contributed by atoms with E-state index >= 15 is 0 Å². The van der Waals surface area contributed by atoms with Crippen LogP contribution in [0.5, 0.6) is 0 Å². The molecule has 0 aromatic carbocycles. The van der Waals surface area contributed by atoms with E-state index in [1.54, 1.807) is 95.3 Å². The molecule has 0 unspecified atom stereocenters. The number of nitrogens with two attached hydrogens (primary N) is 2. The Hall–Kier alpha value is -7.28. The Bertz CT molecular complexity index is 2720. The highest BCUT2D eigenvalue weighted by atomic mass is 32.1. The maximum absolute atomic E-state index is 13.9. The predicted octanol–water partition coefficient (Wildman–Crippen LogP) is 5.68. The van der Waals surface area contributed by atoms with Gasteiger partial charge in [0, 0.05) is 65.1 Å². The summed E-state index contributed by atoms with van der Waals surface area (Å²) in [5, 5.41) is 19.1. The van der Waals surface area contributed by atoms with E-state index in [0.29, 0.717) is 93.4 Å². The maximum atomic E-state index is 13.9. The Labute approximate surface area is 432 Å². The third kappa shape index (κ3) is 15.4. The van der Waals surface area contributed by atoms with E-state index in [1.807, 2.05) is 38.0 Å². The van der Waals surface area contributed by atoms with Crippen LogP contribution in [0.1, 0.15) is 119 Å². The highest BCUT2D eigenvalue weighted by Crippen LogP contribution is 2.28. The molecule has 392 valence electrons. The van der Waals surface area contributed by atoms with Gasteiger partial charge in [-0.2, -0.15) is 0 Å². The quantitative estimate of drug-likeness (QED) is 0.0305. The molecule has 24 heteroatoms. The van der Waals surface area contributed by atoms with Gasteiger partial charge in [-0.05, 0) is 105 Å². The molecule has 0 aliphatic heterocycles. The number of anilines is 6. The summed E-state index contributed by atoms with van der Waals surface area (Å²) in [7, 11) is 11.4. The monoisotopic (exact) mass is 1040 g/mol. The van der Waals surface area contributed by atoms with Crippen molar-refractivity contribution < 1.29 is 28.8 Å². The van der Waals surface area contributed by atoms with Crippen LogP contribution in [0, 0.1) is 13.8 Å². The lowest BCUT2D eigenvalue weighted by molar-refractivity contribution is 0.0936. The molecule has 0 radical (unpaired) electrons. The fourth-order valence-corrected chi connectivity index (χ4v) is 9.47. The molecule has 0 atom stereocenters. The molecule has 6 rings (SSSR count). The number of nitrogen functional groups attached to an aromatic ring is 2. The van der Waals surface area contributed by atoms with E-state index in [0.717, 1.165) is 67.9 Å². The number of aryl methyl sites for hydroxylation is 6. The van der Waals surface area contributed by atoms with Gasteiger partial charge in [-0.15, -0.1) is 0 Å². The van der Waals surface area contributed by atoms with Crippen molar-refractivity contribution in [2.24, 2.45) is 14.1 Å². The molecular weight excluding hydrogens is 973 g/mol. The summed E-state index contributed by atoms with van der Waals surface area (Å²) >= 11 is 2.31. The molecule has 0 saturated heterocycles. The minimum absolute atomic E-state index is 0.254. The van der Waals surface area contributed by atoms with Gasteiger partial charge in [-0.1, -0.05) is 41.9 Å². The van der Waals surface area contributed by atoms with Gasteiger partial charge in [0.25, 0.3) is 35.4 Å². The highest BCUT2D eigenvalue weighted by Gasteiger charge is 2.23. The second-order valence-corrected chi connectivity index (χ2v) is 20.5. The third-order valence-corrected chi connectivity index (χ3v) is 13.6. The largest absolute Gasteiger partial charge is 0.375 e. The number of hydrogen-bond donors (Lipinski definition) is 8. The third-order valence-electron chi connectivity index (χ3n) is 11.8. The van der Waals surface area contributed by atoms with Gasteiger partial charge in [-0.25, -0.2) is 9.97 Å². The minimum Gasteiger partial charge on any atom is -0.375 e. The minimum atomic E-state index is -0.448. The van der Waals surface area contributed by atoms with Gasteiger partial charge < -0.3 is 71.4 Å². The summed E-state index contributed by atoms with van der Waals surface area (Å²) in [6.45, 7) is 7.04. The number of hydrogen-bond acceptors (Lipinski definition) is 14. The molecule has 0 aliphatic carbocycles. The van der Waals surface area contributed by atoms with Crippen molar-refractivity contribution in [1.29, 1.82) is 0 Å². The molecule has 0 aliphatic rings. The predicted molar refractivity (Wildman–Crippen MR) is 288 cm³/mol. The average Bonchev–Trinajstić information content (AvgIpc) is 4.19. The second kappa shape index (κ2) is 25.4. The van der Waals surface area contributed by atoms with E-state index in [2.05, 4.69) is 41.9 Å². The SMILES string of the molecule is Cc1nc(N)sc1NC(=O)c1cc(C(=O)Nc2cc(C(=O)NCCCN(C)C)n(C)c2)n(CCCCCCCn2cc(C(=O)Nc3sc(N)nc3C)cc2C(=O)Nc2cc(C(=O)NCCCN(C)C)n(C)c2)c1. The first kappa shape index (κ1) is 55.0. The first-order valence-electron chi connectivity index (χ1n) is 24.1. The molecular formula is C49H68N16O6S2. The summed E-state index contributed by atoms with van der Waals surface area (Å²) in [6.07, 6.45) is 12.0. The Balaban J connectivity index is 1.09. The molecule has 6 amide bonds. The Morgan fingerprint density at radius 1 is 0.507 bits per heavy atom. The molecule has 0 fully saturated rings. The van der Waals surface area contributed by atoms with Gasteiger partial charge in [0.1, 0.15) is 32.8 Å². The van der Waals surface area contributed by atoms with E-state index in [-0.39, 0.29) is 34.3 Å². The van der Waals surface area contributed by atoms with Crippen molar-refractivity contribution in [3.05, 3.63) is 94.3 Å². The lowest BCUT2D eigenvalue weighted by Gasteiger charge is -2.10. The average molecular weight is 1040 g/mol. The van der Waals surface area contributed by atoms with Gasteiger partial charge in [-0.3, -0.25) is 28.8 Å². The van der Waals surface area contributed by atoms with Crippen molar-refractivity contribution in [3.8, 4) is 0 Å². The van der Waals surface area contributed by atoms with Crippen LogP contribution in [-0.2, 0) is 27.2 Å². The van der Waals surface area contributed by atoms with Gasteiger partial charge in [0.05, 0.1) is 33.9 Å². The standard InChI is InChI=1S/C49H68N16O6S2/c1-30-46(72-48(50)54-30)58-40(66)32-22-38(44(70)56-34-24-36(62(7)28-34)42(68)52-16-14-18-60(3)4)64(26-32)20-12-10-9-11-13-21-65-27-33(41(67)59-47-31(2)55-49(51)73-47)23-39(65)45(71)57-35-25-37(63(8)29-35)43(69)53-17-15-19-61(5)6/h22-29H,9-21H2,1-8H3,(H2,50,54)(H2,51,55)(H,52,68)(H,53,69)(H,56,70)(H,57,71)(H,58,66)(H,59,67). The number of unbranched alkanes of at least 4 members (excludes halogenated alkanes) is 4. The molecule has 0 spiro atoms. The molecule has 6 aromatic rings. The van der Waals surface area contributed by atoms with Crippen LogP contribution in [0.25, 0.3) is 0 Å². The molecule has 22 nitrogen and oxygen atoms in total. The molecule has 6 aromatic heterocycles. The lowest BCUT2D eigenvalue weighted by atomic mass is 10.1. The summed E-state index contributed by atoms with van der Waals surface area (Å²) in [4.78, 5) is 93.2. The smallest absolute Gasteiger partial charge is 0.272 e. The van der Waals surface area contributed by atoms with E-state index in [4.69, 9.17) is 11.5 Å². The number of nitrogens with zero attached hydrogens (tertiary/aromatic N) is 8. The van der Waals surface area contributed by atoms with Crippen molar-refractivity contribution in [3.63, 3.8) is 0 Å². The van der Waals surface area contributed by atoms with Crippen molar-refractivity contribution >= 4 is 89.8 Å². The second-order valence-electron chi connectivity index (χ2n) is 18.4. The molecule has 10 N–H and O–H groups in total. The number of rotatable bonds is 26. The van der Waals surface area contributed by atoms with E-state index < -0.39 is 23.6 Å². The zero-order chi connectivity index (χ0) is 52.9. The fourth-order valence-electron chi connectivity index (χ4n) is 8.01. The highest BCUT2D eigenvalue weighted by molar-refractivity contribution is 7.20. The van der Waals surface area contributed by atoms with Gasteiger partial charge in [0.2, 0.25) is 0 Å². The molecule has 73 heavy (non-hydrogen) atoms. The summed E-state index contributed by atoms with van der Waals surface area (Å²) in [5.74, 6) is -2.24. The zero-order valence-corrected chi connectivity index (χ0v) is 44.4. The van der Waals surface area contributed by atoms with Crippen LogP contribution in [0.15, 0.2) is 49.1 Å². The van der Waals surface area contributed by atoms with Crippen LogP contribution in [0.3, 0.4) is 0 Å².